The predicted octanol–water partition coefficient (Wildman–Crippen LogP) is -0.461. The van der Waals surface area contributed by atoms with E-state index in [4.69, 9.17) is 10.8 Å². The van der Waals surface area contributed by atoms with Crippen molar-refractivity contribution in [3.63, 3.8) is 0 Å². The van der Waals surface area contributed by atoms with Gasteiger partial charge in [0.1, 0.15) is 0 Å². The highest BCUT2D eigenvalue weighted by atomic mass is 32.2. The molecular formula is C8H8N4O2S. The predicted molar refractivity (Wildman–Crippen MR) is 56.2 cm³/mol. The lowest BCUT2D eigenvalue weighted by Crippen LogP contribution is -2.23. The van der Waals surface area contributed by atoms with Gasteiger partial charge in [-0.1, -0.05) is 11.8 Å². The van der Waals surface area contributed by atoms with Gasteiger partial charge in [-0.25, -0.2) is 9.97 Å². The molecule has 1 aliphatic rings. The molecule has 0 radical (unpaired) electrons. The van der Waals surface area contributed by atoms with E-state index in [-0.39, 0.29) is 11.9 Å². The number of amides is 1. The third-order valence-electron chi connectivity index (χ3n) is 1.69. The number of nitrogens with two attached hydrogens (primary N) is 1. The van der Waals surface area contributed by atoms with E-state index >= 15 is 0 Å². The second-order valence-corrected chi connectivity index (χ2v) is 3.91. The van der Waals surface area contributed by atoms with Crippen LogP contribution in [-0.4, -0.2) is 26.5 Å². The maximum Gasteiger partial charge on any atom is 0.260 e. The number of nitrogens with one attached hydrogen (secondary N) is 1. The summed E-state index contributed by atoms with van der Waals surface area (Å²) in [6, 6.07) is 1.63. The first-order valence-electron chi connectivity index (χ1n) is 4.11. The Balaban J connectivity index is 2.27. The van der Waals surface area contributed by atoms with E-state index < -0.39 is 5.56 Å². The van der Waals surface area contributed by atoms with Crippen LogP contribution in [0.15, 0.2) is 17.2 Å². The minimum absolute atomic E-state index is 0.147. The van der Waals surface area contributed by atoms with Gasteiger partial charge >= 0.3 is 0 Å². The highest BCUT2D eigenvalue weighted by Crippen LogP contribution is 2.27. The molecule has 0 bridgehead atoms. The van der Waals surface area contributed by atoms with Crippen LogP contribution in [-0.2, 0) is 4.79 Å². The molecule has 6 nitrogen and oxygen atoms in total. The van der Waals surface area contributed by atoms with Crippen molar-refractivity contribution in [3.05, 3.63) is 22.9 Å². The van der Waals surface area contributed by atoms with Gasteiger partial charge in [0.25, 0.3) is 5.91 Å². The molecule has 0 aliphatic carbocycles. The van der Waals surface area contributed by atoms with Crippen molar-refractivity contribution in [1.29, 1.82) is 0 Å². The van der Waals surface area contributed by atoms with E-state index in [1.54, 1.807) is 12.1 Å². The largest absolute Gasteiger partial charge is 0.368 e. The van der Waals surface area contributed by atoms with Crippen molar-refractivity contribution in [2.45, 2.75) is 5.56 Å². The van der Waals surface area contributed by atoms with Crippen LogP contribution in [0.25, 0.3) is 6.08 Å². The number of nitrogen functional groups attached to an aromatic ring is 1. The molecular weight excluding hydrogens is 216 g/mol. The number of nitrogens with zero attached hydrogens (tertiary/aromatic N) is 2. The Kier molecular flexibility index (Phi) is 2.57. The number of carbonyl (C=O) groups is 1. The standard InChI is InChI=1S/C8H8N4O2S/c9-7-10-2-1-4(11-7)3-5-6(13)12-8(14)15-5/h1-3,8,14H,(H,12,13)(H2,9,10,11)/b5-3-. The van der Waals surface area contributed by atoms with Gasteiger partial charge in [-0.15, -0.1) is 0 Å². The first-order valence-corrected chi connectivity index (χ1v) is 4.99. The minimum Gasteiger partial charge on any atom is -0.368 e. The van der Waals surface area contributed by atoms with Crippen molar-refractivity contribution in [2.75, 3.05) is 5.73 Å². The fraction of sp³-hybridized carbons (Fsp3) is 0.125. The van der Waals surface area contributed by atoms with E-state index in [0.29, 0.717) is 10.6 Å². The second kappa shape index (κ2) is 3.87. The summed E-state index contributed by atoms with van der Waals surface area (Å²) in [5.41, 5.74) is 5.04. The fourth-order valence-electron chi connectivity index (χ4n) is 1.09. The second-order valence-electron chi connectivity index (χ2n) is 2.79. The first-order chi connectivity index (χ1) is 7.15. The third-order valence-corrected chi connectivity index (χ3v) is 2.59. The zero-order valence-corrected chi connectivity index (χ0v) is 8.36. The number of hydrogen-bond donors (Lipinski definition) is 3. The highest BCUT2D eigenvalue weighted by Gasteiger charge is 2.25. The van der Waals surface area contributed by atoms with Crippen molar-refractivity contribution < 1.29 is 9.90 Å². The van der Waals surface area contributed by atoms with Gasteiger partial charge in [0, 0.05) is 6.20 Å². The molecule has 1 amide bonds. The number of carbonyl (C=O) groups excluding carboxylic acids is 1. The highest BCUT2D eigenvalue weighted by molar-refractivity contribution is 8.05. The zero-order valence-electron chi connectivity index (χ0n) is 7.54. The lowest BCUT2D eigenvalue weighted by atomic mass is 10.3. The molecule has 7 heteroatoms. The summed E-state index contributed by atoms with van der Waals surface area (Å²) in [6.45, 7) is 0. The lowest BCUT2D eigenvalue weighted by Gasteiger charge is -1.95. The molecule has 1 aromatic rings. The van der Waals surface area contributed by atoms with Gasteiger partial charge < -0.3 is 16.2 Å². The van der Waals surface area contributed by atoms with Crippen LogP contribution in [0.1, 0.15) is 5.69 Å². The van der Waals surface area contributed by atoms with Crippen LogP contribution in [0.4, 0.5) is 5.95 Å². The number of aliphatic hydroxyl groups is 1. The summed E-state index contributed by atoms with van der Waals surface area (Å²) in [4.78, 5) is 19.3. The molecule has 15 heavy (non-hydrogen) atoms. The Morgan fingerprint density at radius 1 is 1.67 bits per heavy atom. The van der Waals surface area contributed by atoms with Crippen LogP contribution in [0, 0.1) is 0 Å². The molecule has 2 heterocycles. The normalized spacial score (nSPS) is 23.1. The SMILES string of the molecule is Nc1nccc(/C=C2\SC(O)NC2=O)n1. The Labute approximate surface area is 89.6 Å². The molecule has 78 valence electrons. The molecule has 0 saturated carbocycles. The Morgan fingerprint density at radius 3 is 3.07 bits per heavy atom. The quantitative estimate of drug-likeness (QED) is 0.558. The first kappa shape index (κ1) is 9.94. The molecule has 1 unspecified atom stereocenters. The monoisotopic (exact) mass is 224 g/mol. The van der Waals surface area contributed by atoms with E-state index in [2.05, 4.69) is 15.3 Å². The van der Waals surface area contributed by atoms with Gasteiger partial charge in [0.15, 0.2) is 5.56 Å². The molecule has 1 saturated heterocycles. The molecule has 0 aromatic carbocycles. The molecule has 1 atom stereocenters. The minimum atomic E-state index is -0.886. The molecule has 4 N–H and O–H groups in total. The van der Waals surface area contributed by atoms with Crippen LogP contribution in [0.3, 0.4) is 0 Å². The number of anilines is 1. The Hall–Kier alpha value is -1.60. The number of aliphatic hydroxyl groups excluding tert-OH is 1. The van der Waals surface area contributed by atoms with Crippen LogP contribution < -0.4 is 11.1 Å². The van der Waals surface area contributed by atoms with Crippen molar-refractivity contribution in [2.24, 2.45) is 0 Å². The Bertz CT molecular complexity index is 434. The third kappa shape index (κ3) is 2.25. The van der Waals surface area contributed by atoms with E-state index in [0.717, 1.165) is 11.8 Å². The summed E-state index contributed by atoms with van der Waals surface area (Å²) in [5.74, 6) is -0.169. The van der Waals surface area contributed by atoms with Gasteiger partial charge in [-0.05, 0) is 12.1 Å². The van der Waals surface area contributed by atoms with Crippen LogP contribution in [0.5, 0.6) is 0 Å². The number of hydrogen-bond acceptors (Lipinski definition) is 6. The van der Waals surface area contributed by atoms with Crippen molar-refractivity contribution >= 4 is 29.7 Å². The Morgan fingerprint density at radius 2 is 2.47 bits per heavy atom. The topological polar surface area (TPSA) is 101 Å². The number of aromatic nitrogens is 2. The van der Waals surface area contributed by atoms with E-state index in [1.165, 1.54) is 6.20 Å². The maximum atomic E-state index is 11.2. The van der Waals surface area contributed by atoms with Gasteiger partial charge in [-0.3, -0.25) is 4.79 Å². The average Bonchev–Trinajstić information content (AvgIpc) is 2.45. The number of thioether (sulfide) groups is 1. The summed E-state index contributed by atoms with van der Waals surface area (Å²) < 4.78 is 0. The summed E-state index contributed by atoms with van der Waals surface area (Å²) in [7, 11) is 0. The van der Waals surface area contributed by atoms with Crippen LogP contribution >= 0.6 is 11.8 Å². The van der Waals surface area contributed by atoms with Crippen LogP contribution in [0.2, 0.25) is 0 Å². The summed E-state index contributed by atoms with van der Waals surface area (Å²) >= 11 is 1.03. The lowest BCUT2D eigenvalue weighted by molar-refractivity contribution is -0.117. The summed E-state index contributed by atoms with van der Waals surface area (Å²) in [5, 5.41) is 11.5. The van der Waals surface area contributed by atoms with Crippen molar-refractivity contribution in [1.82, 2.24) is 15.3 Å². The molecule has 1 fully saturated rings. The van der Waals surface area contributed by atoms with Gasteiger partial charge in [0.05, 0.1) is 10.6 Å². The zero-order chi connectivity index (χ0) is 10.8. The van der Waals surface area contributed by atoms with E-state index in [1.807, 2.05) is 0 Å². The summed E-state index contributed by atoms with van der Waals surface area (Å²) in [6.07, 6.45) is 3.05. The van der Waals surface area contributed by atoms with Gasteiger partial charge in [-0.2, -0.15) is 0 Å². The average molecular weight is 224 g/mol. The maximum absolute atomic E-state index is 11.2. The van der Waals surface area contributed by atoms with Crippen molar-refractivity contribution in [3.8, 4) is 0 Å². The smallest absolute Gasteiger partial charge is 0.260 e. The molecule has 0 spiro atoms. The molecule has 1 aliphatic heterocycles. The van der Waals surface area contributed by atoms with Gasteiger partial charge in [0.2, 0.25) is 5.95 Å². The van der Waals surface area contributed by atoms with E-state index in [9.17, 15) is 4.79 Å². The number of rotatable bonds is 1. The molecule has 1 aromatic heterocycles. The fourth-order valence-corrected chi connectivity index (χ4v) is 1.85. The molecule has 2 rings (SSSR count).